The van der Waals surface area contributed by atoms with E-state index in [0.717, 1.165) is 11.1 Å². The smallest absolute Gasteiger partial charge is 0.139 e. The summed E-state index contributed by atoms with van der Waals surface area (Å²) in [6.07, 6.45) is 0.700. The molecule has 4 heteroatoms. The number of hydrogen-bond acceptors (Lipinski definition) is 3. The maximum atomic E-state index is 9.87. The van der Waals surface area contributed by atoms with Crippen LogP contribution < -0.4 is 5.73 Å². The Morgan fingerprint density at radius 2 is 1.79 bits per heavy atom. The van der Waals surface area contributed by atoms with Crippen molar-refractivity contribution in [3.63, 3.8) is 0 Å². The van der Waals surface area contributed by atoms with E-state index in [1.54, 1.807) is 12.1 Å². The molecule has 1 atom stereocenters. The third kappa shape index (κ3) is 3.26. The van der Waals surface area contributed by atoms with Crippen molar-refractivity contribution in [3.8, 4) is 5.75 Å². The summed E-state index contributed by atoms with van der Waals surface area (Å²) in [6.45, 7) is -0.237. The number of aliphatic hydroxyl groups excluding tert-OH is 1. The van der Waals surface area contributed by atoms with Crippen molar-refractivity contribution in [2.75, 3.05) is 6.61 Å². The molecule has 0 aliphatic carbocycles. The van der Waals surface area contributed by atoms with Gasteiger partial charge in [-0.25, -0.2) is 0 Å². The highest BCUT2D eigenvalue weighted by Gasteiger charge is 2.14. The molecule has 0 aromatic heterocycles. The van der Waals surface area contributed by atoms with Crippen LogP contribution in [-0.4, -0.2) is 16.8 Å². The molecule has 100 valence electrons. The number of hydrogen-bond donors (Lipinski definition) is 3. The van der Waals surface area contributed by atoms with Gasteiger partial charge in [0.2, 0.25) is 0 Å². The molecule has 0 heterocycles. The first-order valence-corrected chi connectivity index (χ1v) is 6.41. The summed E-state index contributed by atoms with van der Waals surface area (Å²) in [7, 11) is 0. The zero-order chi connectivity index (χ0) is 13.8. The Hall–Kier alpha value is -1.55. The van der Waals surface area contributed by atoms with Crippen LogP contribution in [0.4, 0.5) is 0 Å². The molecule has 0 radical (unpaired) electrons. The minimum Gasteiger partial charge on any atom is -0.506 e. The quantitative estimate of drug-likeness (QED) is 0.805. The summed E-state index contributed by atoms with van der Waals surface area (Å²) in [5.41, 5.74) is 8.33. The van der Waals surface area contributed by atoms with Crippen molar-refractivity contribution in [1.29, 1.82) is 0 Å². The van der Waals surface area contributed by atoms with Crippen LogP contribution in [0, 0.1) is 0 Å². The van der Waals surface area contributed by atoms with Crippen LogP contribution in [0.25, 0.3) is 0 Å². The zero-order valence-electron chi connectivity index (χ0n) is 10.4. The Bertz CT molecular complexity index is 558. The van der Waals surface area contributed by atoms with Gasteiger partial charge in [-0.05, 0) is 23.6 Å². The van der Waals surface area contributed by atoms with Crippen LogP contribution in [0.3, 0.4) is 0 Å². The number of aromatic hydroxyl groups is 1. The molecular formula is C15H16ClNO2. The summed E-state index contributed by atoms with van der Waals surface area (Å²) in [6, 6.07) is 12.8. The second-order valence-corrected chi connectivity index (χ2v) is 4.87. The molecule has 0 saturated carbocycles. The normalized spacial score (nSPS) is 12.4. The van der Waals surface area contributed by atoms with Crippen molar-refractivity contribution in [3.05, 3.63) is 64.2 Å². The topological polar surface area (TPSA) is 66.5 Å². The van der Waals surface area contributed by atoms with Crippen LogP contribution in [0.15, 0.2) is 42.5 Å². The fourth-order valence-corrected chi connectivity index (χ4v) is 2.24. The fraction of sp³-hybridized carbons (Fsp3) is 0.200. The molecule has 0 aliphatic rings. The summed E-state index contributed by atoms with van der Waals surface area (Å²) in [5.74, 6) is -0.0555. The Kier molecular flexibility index (Phi) is 4.43. The number of nitrogens with two attached hydrogens (primary N) is 1. The summed E-state index contributed by atoms with van der Waals surface area (Å²) in [4.78, 5) is 0. The van der Waals surface area contributed by atoms with Crippen LogP contribution in [0.2, 0.25) is 5.02 Å². The zero-order valence-corrected chi connectivity index (χ0v) is 11.1. The van der Waals surface area contributed by atoms with Crippen LogP contribution in [0.1, 0.15) is 22.7 Å². The monoisotopic (exact) mass is 277 g/mol. The van der Waals surface area contributed by atoms with E-state index in [2.05, 4.69) is 0 Å². The Labute approximate surface area is 117 Å². The molecule has 3 nitrogen and oxygen atoms in total. The average Bonchev–Trinajstić information content (AvgIpc) is 2.43. The van der Waals surface area contributed by atoms with Gasteiger partial charge in [0.05, 0.1) is 17.7 Å². The number of halogens is 1. The van der Waals surface area contributed by atoms with Gasteiger partial charge in [-0.2, -0.15) is 0 Å². The molecule has 2 aromatic carbocycles. The van der Waals surface area contributed by atoms with Crippen LogP contribution in [0.5, 0.6) is 5.75 Å². The lowest BCUT2D eigenvalue weighted by Gasteiger charge is -2.14. The predicted octanol–water partition coefficient (Wildman–Crippen LogP) is 2.63. The van der Waals surface area contributed by atoms with Crippen molar-refractivity contribution in [2.45, 2.75) is 12.5 Å². The summed E-state index contributed by atoms with van der Waals surface area (Å²) in [5, 5.41) is 19.2. The fourth-order valence-electron chi connectivity index (χ4n) is 1.99. The lowest BCUT2D eigenvalue weighted by Crippen LogP contribution is -2.15. The number of benzene rings is 2. The highest BCUT2D eigenvalue weighted by molar-refractivity contribution is 6.32. The Morgan fingerprint density at radius 3 is 2.42 bits per heavy atom. The number of rotatable bonds is 4. The van der Waals surface area contributed by atoms with E-state index in [4.69, 9.17) is 22.4 Å². The van der Waals surface area contributed by atoms with Crippen LogP contribution >= 0.6 is 11.6 Å². The van der Waals surface area contributed by atoms with Gasteiger partial charge in [0.25, 0.3) is 0 Å². The van der Waals surface area contributed by atoms with E-state index in [-0.39, 0.29) is 17.4 Å². The van der Waals surface area contributed by atoms with Crippen molar-refractivity contribution >= 4 is 11.6 Å². The SMILES string of the molecule is N[C@H](CO)c1cc(Cc2ccccc2)cc(Cl)c1O. The second kappa shape index (κ2) is 6.06. The van der Waals surface area contributed by atoms with E-state index >= 15 is 0 Å². The first-order chi connectivity index (χ1) is 9.11. The van der Waals surface area contributed by atoms with E-state index in [0.29, 0.717) is 12.0 Å². The first kappa shape index (κ1) is 13.9. The molecule has 0 fully saturated rings. The summed E-state index contributed by atoms with van der Waals surface area (Å²) >= 11 is 6.00. The van der Waals surface area contributed by atoms with Gasteiger partial charge in [0.15, 0.2) is 0 Å². The molecule has 4 N–H and O–H groups in total. The molecule has 2 rings (SSSR count). The number of phenols is 1. The van der Waals surface area contributed by atoms with E-state index in [9.17, 15) is 5.11 Å². The number of aliphatic hydroxyl groups is 1. The maximum absolute atomic E-state index is 9.87. The molecule has 0 unspecified atom stereocenters. The molecule has 0 aliphatic heterocycles. The van der Waals surface area contributed by atoms with Crippen molar-refractivity contribution < 1.29 is 10.2 Å². The van der Waals surface area contributed by atoms with Crippen molar-refractivity contribution in [1.82, 2.24) is 0 Å². The average molecular weight is 278 g/mol. The highest BCUT2D eigenvalue weighted by atomic mass is 35.5. The molecule has 2 aromatic rings. The summed E-state index contributed by atoms with van der Waals surface area (Å²) < 4.78 is 0. The molecule has 0 bridgehead atoms. The first-order valence-electron chi connectivity index (χ1n) is 6.03. The molecule has 0 spiro atoms. The third-order valence-electron chi connectivity index (χ3n) is 3.00. The highest BCUT2D eigenvalue weighted by Crippen LogP contribution is 2.33. The van der Waals surface area contributed by atoms with Gasteiger partial charge in [-0.3, -0.25) is 0 Å². The van der Waals surface area contributed by atoms with E-state index in [1.807, 2.05) is 30.3 Å². The predicted molar refractivity (Wildman–Crippen MR) is 76.4 cm³/mol. The van der Waals surface area contributed by atoms with Gasteiger partial charge >= 0.3 is 0 Å². The van der Waals surface area contributed by atoms with Gasteiger partial charge in [0, 0.05) is 5.56 Å². The molecule has 0 amide bonds. The minimum atomic E-state index is -0.631. The van der Waals surface area contributed by atoms with Gasteiger partial charge < -0.3 is 15.9 Å². The maximum Gasteiger partial charge on any atom is 0.139 e. The van der Waals surface area contributed by atoms with Crippen LogP contribution in [-0.2, 0) is 6.42 Å². The molecule has 0 saturated heterocycles. The van der Waals surface area contributed by atoms with Crippen molar-refractivity contribution in [2.24, 2.45) is 5.73 Å². The second-order valence-electron chi connectivity index (χ2n) is 4.47. The van der Waals surface area contributed by atoms with Gasteiger partial charge in [-0.15, -0.1) is 0 Å². The van der Waals surface area contributed by atoms with Gasteiger partial charge in [-0.1, -0.05) is 48.0 Å². The largest absolute Gasteiger partial charge is 0.506 e. The van der Waals surface area contributed by atoms with Gasteiger partial charge in [0.1, 0.15) is 5.75 Å². The minimum absolute atomic E-state index is 0.0555. The molecular weight excluding hydrogens is 262 g/mol. The number of phenolic OH excluding ortho intramolecular Hbond substituents is 1. The molecule has 19 heavy (non-hydrogen) atoms. The lowest BCUT2D eigenvalue weighted by molar-refractivity contribution is 0.265. The lowest BCUT2D eigenvalue weighted by atomic mass is 9.99. The Balaban J connectivity index is 2.34. The third-order valence-corrected chi connectivity index (χ3v) is 3.29. The van der Waals surface area contributed by atoms with E-state index in [1.165, 1.54) is 0 Å². The Morgan fingerprint density at radius 1 is 1.11 bits per heavy atom. The standard InChI is InChI=1S/C15H16ClNO2/c16-13-8-11(6-10-4-2-1-3-5-10)7-12(15(13)19)14(17)9-18/h1-5,7-8,14,18-19H,6,9,17H2/t14-/m1/s1. The van der Waals surface area contributed by atoms with E-state index < -0.39 is 6.04 Å².